The Labute approximate surface area is 242 Å². The van der Waals surface area contributed by atoms with Gasteiger partial charge in [-0.25, -0.2) is 4.98 Å². The zero-order valence-electron chi connectivity index (χ0n) is 22.7. The first kappa shape index (κ1) is 23.2. The molecule has 0 bridgehead atoms. The normalized spacial score (nSPS) is 17.2. The van der Waals surface area contributed by atoms with E-state index in [1.54, 1.807) is 0 Å². The third kappa shape index (κ3) is 3.42. The summed E-state index contributed by atoms with van der Waals surface area (Å²) in [6.07, 6.45) is 15.1. The Morgan fingerprint density at radius 1 is 0.762 bits per heavy atom. The quantitative estimate of drug-likeness (QED) is 0.225. The van der Waals surface area contributed by atoms with Gasteiger partial charge in [0.15, 0.2) is 5.82 Å². The molecule has 4 nitrogen and oxygen atoms in total. The molecule has 198 valence electrons. The number of imidazole rings is 1. The van der Waals surface area contributed by atoms with Gasteiger partial charge in [-0.15, -0.1) is 0 Å². The average molecular weight is 540 g/mol. The summed E-state index contributed by atoms with van der Waals surface area (Å²) < 4.78 is 8.96. The summed E-state index contributed by atoms with van der Waals surface area (Å²) in [5.41, 5.74) is 8.24. The van der Waals surface area contributed by atoms with Crippen molar-refractivity contribution in [2.75, 3.05) is 0 Å². The fraction of sp³-hybridized carbons (Fsp3) is 0.0526. The number of pyridine rings is 1. The molecule has 42 heavy (non-hydrogen) atoms. The molecule has 4 aromatic carbocycles. The number of benzene rings is 4. The largest absolute Gasteiger partial charge is 0.456 e. The number of furan rings is 1. The van der Waals surface area contributed by atoms with Gasteiger partial charge < -0.3 is 4.42 Å². The van der Waals surface area contributed by atoms with Crippen LogP contribution in [0.5, 0.6) is 0 Å². The number of para-hydroxylation sites is 2. The van der Waals surface area contributed by atoms with Crippen molar-refractivity contribution in [1.29, 1.82) is 0 Å². The predicted molar refractivity (Wildman–Crippen MR) is 171 cm³/mol. The number of allylic oxidation sites excluding steroid dienone is 5. The number of rotatable bonds is 3. The monoisotopic (exact) mass is 539 g/mol. The van der Waals surface area contributed by atoms with Crippen molar-refractivity contribution >= 4 is 38.9 Å². The average Bonchev–Trinajstić information content (AvgIpc) is 3.65. The molecule has 0 fully saturated rings. The van der Waals surface area contributed by atoms with Crippen molar-refractivity contribution in [3.8, 4) is 28.3 Å². The minimum absolute atomic E-state index is 0.263. The van der Waals surface area contributed by atoms with Gasteiger partial charge in [-0.05, 0) is 64.9 Å². The van der Waals surface area contributed by atoms with E-state index in [1.165, 1.54) is 21.7 Å². The van der Waals surface area contributed by atoms with Crippen molar-refractivity contribution in [3.63, 3.8) is 0 Å². The van der Waals surface area contributed by atoms with Crippen molar-refractivity contribution in [3.05, 3.63) is 145 Å². The molecule has 3 aromatic heterocycles. The van der Waals surface area contributed by atoms with Gasteiger partial charge in [0.05, 0.1) is 11.0 Å². The Bertz CT molecular complexity index is 2270. The molecule has 0 N–H and O–H groups in total. The number of hydrogen-bond acceptors (Lipinski definition) is 3. The molecule has 2 atom stereocenters. The fourth-order valence-corrected chi connectivity index (χ4v) is 6.72. The van der Waals surface area contributed by atoms with E-state index in [0.29, 0.717) is 5.92 Å². The highest BCUT2D eigenvalue weighted by atomic mass is 16.3. The van der Waals surface area contributed by atoms with Crippen molar-refractivity contribution < 1.29 is 4.42 Å². The second kappa shape index (κ2) is 9.02. The van der Waals surface area contributed by atoms with Crippen molar-refractivity contribution in [2.24, 2.45) is 5.92 Å². The fourth-order valence-electron chi connectivity index (χ4n) is 6.72. The Kier molecular flexibility index (Phi) is 4.99. The van der Waals surface area contributed by atoms with Crippen LogP contribution in [0.3, 0.4) is 0 Å². The zero-order chi connectivity index (χ0) is 27.6. The van der Waals surface area contributed by atoms with E-state index in [2.05, 4.69) is 119 Å². The molecule has 2 aliphatic rings. The smallest absolute Gasteiger partial charge is 0.164 e. The Morgan fingerprint density at radius 3 is 2.60 bits per heavy atom. The second-order valence-electron chi connectivity index (χ2n) is 11.0. The van der Waals surface area contributed by atoms with Gasteiger partial charge in [0.2, 0.25) is 0 Å². The van der Waals surface area contributed by atoms with Crippen LogP contribution in [-0.4, -0.2) is 14.5 Å². The van der Waals surface area contributed by atoms with E-state index in [-0.39, 0.29) is 5.92 Å². The first-order valence-electron chi connectivity index (χ1n) is 14.3. The maximum absolute atomic E-state index is 6.75. The van der Waals surface area contributed by atoms with E-state index in [1.807, 2.05) is 30.5 Å². The molecule has 0 amide bonds. The zero-order valence-corrected chi connectivity index (χ0v) is 22.7. The lowest BCUT2D eigenvalue weighted by atomic mass is 9.77. The van der Waals surface area contributed by atoms with Crippen LogP contribution in [0, 0.1) is 5.92 Å². The molecule has 4 heteroatoms. The van der Waals surface area contributed by atoms with Gasteiger partial charge in [0.25, 0.3) is 0 Å². The second-order valence-corrected chi connectivity index (χ2v) is 11.0. The van der Waals surface area contributed by atoms with Gasteiger partial charge in [-0.3, -0.25) is 9.55 Å². The van der Waals surface area contributed by atoms with E-state index in [4.69, 9.17) is 9.40 Å². The molecule has 0 saturated carbocycles. The van der Waals surface area contributed by atoms with Crippen LogP contribution in [0.25, 0.3) is 67.2 Å². The maximum atomic E-state index is 6.75. The summed E-state index contributed by atoms with van der Waals surface area (Å²) in [6, 6.07) is 33.8. The first-order chi connectivity index (χ1) is 20.8. The molecule has 3 heterocycles. The number of nitrogens with zero attached hydrogens (tertiary/aromatic N) is 3. The summed E-state index contributed by atoms with van der Waals surface area (Å²) in [5, 5.41) is 3.65. The standard InChI is InChI=1S/C38H25N3O/c1-3-14-28-24(10-1)19-20-34-35(28)36-29-15-4-2-11-26(29)23-30(37(36)42-34)25-12-9-13-27(22-25)41-33-18-6-5-16-31(33)40-38(41)32-17-7-8-21-39-32/h1-24,28H. The molecular weight excluding hydrogens is 514 g/mol. The van der Waals surface area contributed by atoms with Crippen LogP contribution >= 0.6 is 0 Å². The third-order valence-corrected chi connectivity index (χ3v) is 8.60. The summed E-state index contributed by atoms with van der Waals surface area (Å²) in [5.74, 6) is 2.38. The lowest BCUT2D eigenvalue weighted by Crippen LogP contribution is -2.12. The number of aromatic nitrogens is 3. The summed E-state index contributed by atoms with van der Waals surface area (Å²) >= 11 is 0. The lowest BCUT2D eigenvalue weighted by Gasteiger charge is -2.24. The molecular formula is C38H25N3O. The Balaban J connectivity index is 1.30. The molecule has 0 radical (unpaired) electrons. The van der Waals surface area contributed by atoms with Crippen LogP contribution in [-0.2, 0) is 0 Å². The van der Waals surface area contributed by atoms with Crippen LogP contribution in [0.4, 0.5) is 0 Å². The summed E-state index contributed by atoms with van der Waals surface area (Å²) in [6.45, 7) is 0. The SMILES string of the molecule is C1=CC2C=Cc3oc4c(-c5cccc(-n6c(-c7ccccn7)nc7ccccc76)c5)cc5ccccc5c4c3C2C=C1. The third-order valence-electron chi connectivity index (χ3n) is 8.60. The lowest BCUT2D eigenvalue weighted by molar-refractivity contribution is 0.579. The van der Waals surface area contributed by atoms with Crippen LogP contribution in [0.15, 0.2) is 138 Å². The number of hydrogen-bond donors (Lipinski definition) is 0. The minimum Gasteiger partial charge on any atom is -0.456 e. The highest BCUT2D eigenvalue weighted by Crippen LogP contribution is 2.48. The Hall–Kier alpha value is -5.48. The van der Waals surface area contributed by atoms with Crippen molar-refractivity contribution in [2.45, 2.75) is 5.92 Å². The highest BCUT2D eigenvalue weighted by Gasteiger charge is 2.31. The minimum atomic E-state index is 0.263. The first-order valence-corrected chi connectivity index (χ1v) is 14.3. The van der Waals surface area contributed by atoms with Gasteiger partial charge in [-0.2, -0.15) is 0 Å². The van der Waals surface area contributed by atoms with Gasteiger partial charge in [0, 0.05) is 40.2 Å². The Morgan fingerprint density at radius 2 is 1.64 bits per heavy atom. The van der Waals surface area contributed by atoms with E-state index in [0.717, 1.165) is 50.7 Å². The summed E-state index contributed by atoms with van der Waals surface area (Å²) in [7, 11) is 0. The maximum Gasteiger partial charge on any atom is 0.164 e. The molecule has 0 spiro atoms. The van der Waals surface area contributed by atoms with E-state index < -0.39 is 0 Å². The molecule has 0 aliphatic heterocycles. The van der Waals surface area contributed by atoms with Crippen LogP contribution in [0.2, 0.25) is 0 Å². The highest BCUT2D eigenvalue weighted by molar-refractivity contribution is 6.14. The number of fused-ring (bicyclic) bond motifs is 8. The molecule has 2 unspecified atom stereocenters. The predicted octanol–water partition coefficient (Wildman–Crippen LogP) is 9.51. The van der Waals surface area contributed by atoms with Crippen LogP contribution < -0.4 is 0 Å². The van der Waals surface area contributed by atoms with Gasteiger partial charge in [0.1, 0.15) is 17.0 Å². The van der Waals surface area contributed by atoms with Crippen LogP contribution in [0.1, 0.15) is 17.2 Å². The van der Waals surface area contributed by atoms with Gasteiger partial charge >= 0.3 is 0 Å². The molecule has 9 rings (SSSR count). The topological polar surface area (TPSA) is 43.9 Å². The molecule has 7 aromatic rings. The van der Waals surface area contributed by atoms with E-state index in [9.17, 15) is 0 Å². The summed E-state index contributed by atoms with van der Waals surface area (Å²) in [4.78, 5) is 9.64. The van der Waals surface area contributed by atoms with E-state index >= 15 is 0 Å². The molecule has 2 aliphatic carbocycles. The van der Waals surface area contributed by atoms with Gasteiger partial charge in [-0.1, -0.05) is 85.0 Å². The molecule has 0 saturated heterocycles. The van der Waals surface area contributed by atoms with Crippen molar-refractivity contribution in [1.82, 2.24) is 14.5 Å².